The van der Waals surface area contributed by atoms with Gasteiger partial charge in [0.25, 0.3) is 5.91 Å². The summed E-state index contributed by atoms with van der Waals surface area (Å²) in [5.74, 6) is 0.618. The van der Waals surface area contributed by atoms with Crippen LogP contribution in [0.15, 0.2) is 0 Å². The monoisotopic (exact) mass is 253 g/mol. The van der Waals surface area contributed by atoms with E-state index in [9.17, 15) is 9.59 Å². The Morgan fingerprint density at radius 1 is 1.22 bits per heavy atom. The molecule has 0 aromatic rings. The largest absolute Gasteiger partial charge is 0.326 e. The molecule has 0 aromatic heterocycles. The summed E-state index contributed by atoms with van der Waals surface area (Å²) < 4.78 is 0. The van der Waals surface area contributed by atoms with Crippen LogP contribution >= 0.6 is 0 Å². The standard InChI is InChI=1S/C13H23N3O2/c1-2-3-11-12(17)16(13(18)15-11)9-6-10-4-7-14-8-5-10/h10-11,14H,2-9H2,1H3,(H,15,18). The minimum Gasteiger partial charge on any atom is -0.326 e. The first-order valence-electron chi connectivity index (χ1n) is 7.05. The van der Waals surface area contributed by atoms with Crippen LogP contribution < -0.4 is 10.6 Å². The van der Waals surface area contributed by atoms with E-state index in [0.29, 0.717) is 12.5 Å². The van der Waals surface area contributed by atoms with Crippen molar-refractivity contribution in [3.8, 4) is 0 Å². The summed E-state index contributed by atoms with van der Waals surface area (Å²) in [7, 11) is 0. The SMILES string of the molecule is CCCC1NC(=O)N(CCC2CCNCC2)C1=O. The second-order valence-electron chi connectivity index (χ2n) is 5.26. The highest BCUT2D eigenvalue weighted by Gasteiger charge is 2.37. The summed E-state index contributed by atoms with van der Waals surface area (Å²) in [4.78, 5) is 25.1. The maximum Gasteiger partial charge on any atom is 0.324 e. The summed E-state index contributed by atoms with van der Waals surface area (Å²) in [6.45, 7) is 4.72. The van der Waals surface area contributed by atoms with E-state index >= 15 is 0 Å². The molecule has 18 heavy (non-hydrogen) atoms. The molecule has 3 amide bonds. The van der Waals surface area contributed by atoms with Crippen LogP contribution in [-0.2, 0) is 4.79 Å². The van der Waals surface area contributed by atoms with Crippen LogP contribution in [0.3, 0.4) is 0 Å². The molecular formula is C13H23N3O2. The van der Waals surface area contributed by atoms with Gasteiger partial charge in [0.2, 0.25) is 0 Å². The van der Waals surface area contributed by atoms with Gasteiger partial charge in [0.1, 0.15) is 6.04 Å². The number of imide groups is 1. The third kappa shape index (κ3) is 3.02. The molecule has 0 aromatic carbocycles. The van der Waals surface area contributed by atoms with Crippen molar-refractivity contribution in [1.29, 1.82) is 0 Å². The predicted molar refractivity (Wildman–Crippen MR) is 69.2 cm³/mol. The molecule has 2 fully saturated rings. The number of piperidine rings is 1. The van der Waals surface area contributed by atoms with Crippen molar-refractivity contribution < 1.29 is 9.59 Å². The summed E-state index contributed by atoms with van der Waals surface area (Å²) in [6.07, 6.45) is 4.91. The molecule has 0 radical (unpaired) electrons. The van der Waals surface area contributed by atoms with Crippen LogP contribution in [0.1, 0.15) is 39.0 Å². The van der Waals surface area contributed by atoms with Gasteiger partial charge >= 0.3 is 6.03 Å². The van der Waals surface area contributed by atoms with E-state index in [4.69, 9.17) is 0 Å². The lowest BCUT2D eigenvalue weighted by Crippen LogP contribution is -2.35. The lowest BCUT2D eigenvalue weighted by molar-refractivity contribution is -0.127. The van der Waals surface area contributed by atoms with Crippen LogP contribution in [0.5, 0.6) is 0 Å². The molecule has 5 nitrogen and oxygen atoms in total. The van der Waals surface area contributed by atoms with E-state index in [0.717, 1.165) is 45.2 Å². The van der Waals surface area contributed by atoms with Crippen molar-refractivity contribution in [2.75, 3.05) is 19.6 Å². The van der Waals surface area contributed by atoms with Crippen LogP contribution in [-0.4, -0.2) is 42.5 Å². The molecular weight excluding hydrogens is 230 g/mol. The average molecular weight is 253 g/mol. The van der Waals surface area contributed by atoms with E-state index in [2.05, 4.69) is 10.6 Å². The van der Waals surface area contributed by atoms with Gasteiger partial charge in [-0.15, -0.1) is 0 Å². The third-order valence-corrected chi connectivity index (χ3v) is 3.90. The molecule has 2 rings (SSSR count). The van der Waals surface area contributed by atoms with Crippen LogP contribution in [0.4, 0.5) is 4.79 Å². The molecule has 102 valence electrons. The minimum atomic E-state index is -0.282. The fourth-order valence-corrected chi connectivity index (χ4v) is 2.76. The second kappa shape index (κ2) is 6.18. The number of hydrogen-bond donors (Lipinski definition) is 2. The second-order valence-corrected chi connectivity index (χ2v) is 5.26. The zero-order chi connectivity index (χ0) is 13.0. The molecule has 0 bridgehead atoms. The van der Waals surface area contributed by atoms with E-state index in [1.807, 2.05) is 6.92 Å². The van der Waals surface area contributed by atoms with Gasteiger partial charge < -0.3 is 10.6 Å². The summed E-state index contributed by atoms with van der Waals surface area (Å²) in [6, 6.07) is -0.483. The number of rotatable bonds is 5. The first-order chi connectivity index (χ1) is 8.72. The van der Waals surface area contributed by atoms with Crippen molar-refractivity contribution in [2.45, 2.75) is 45.1 Å². The highest BCUT2D eigenvalue weighted by Crippen LogP contribution is 2.18. The number of carbonyl (C=O) groups is 2. The third-order valence-electron chi connectivity index (χ3n) is 3.90. The fraction of sp³-hybridized carbons (Fsp3) is 0.846. The summed E-state index contributed by atoms with van der Waals surface area (Å²) in [5, 5.41) is 6.09. The lowest BCUT2D eigenvalue weighted by atomic mass is 9.94. The molecule has 2 N–H and O–H groups in total. The van der Waals surface area contributed by atoms with Gasteiger partial charge in [-0.2, -0.15) is 0 Å². The zero-order valence-electron chi connectivity index (χ0n) is 11.1. The van der Waals surface area contributed by atoms with Crippen molar-refractivity contribution in [1.82, 2.24) is 15.5 Å². The first kappa shape index (κ1) is 13.3. The van der Waals surface area contributed by atoms with Gasteiger partial charge in [-0.05, 0) is 44.7 Å². The van der Waals surface area contributed by atoms with Crippen LogP contribution in [0.25, 0.3) is 0 Å². The average Bonchev–Trinajstić information content (AvgIpc) is 2.64. The van der Waals surface area contributed by atoms with Crippen molar-refractivity contribution in [2.24, 2.45) is 5.92 Å². The van der Waals surface area contributed by atoms with Gasteiger partial charge in [0.15, 0.2) is 0 Å². The Hall–Kier alpha value is -1.10. The normalized spacial score (nSPS) is 25.6. The number of amides is 3. The Morgan fingerprint density at radius 2 is 1.94 bits per heavy atom. The number of nitrogens with one attached hydrogen (secondary N) is 2. The molecule has 2 aliphatic rings. The highest BCUT2D eigenvalue weighted by molar-refractivity contribution is 6.04. The number of nitrogens with zero attached hydrogens (tertiary/aromatic N) is 1. The van der Waals surface area contributed by atoms with Crippen molar-refractivity contribution >= 4 is 11.9 Å². The molecule has 0 saturated carbocycles. The predicted octanol–water partition coefficient (Wildman–Crippen LogP) is 1.10. The van der Waals surface area contributed by atoms with Gasteiger partial charge in [0.05, 0.1) is 0 Å². The quantitative estimate of drug-likeness (QED) is 0.721. The molecule has 0 aliphatic carbocycles. The smallest absolute Gasteiger partial charge is 0.324 e. The molecule has 0 spiro atoms. The fourth-order valence-electron chi connectivity index (χ4n) is 2.76. The van der Waals surface area contributed by atoms with Gasteiger partial charge in [-0.3, -0.25) is 9.69 Å². The van der Waals surface area contributed by atoms with E-state index in [-0.39, 0.29) is 18.0 Å². The zero-order valence-corrected chi connectivity index (χ0v) is 11.1. The molecule has 1 atom stereocenters. The van der Waals surface area contributed by atoms with Gasteiger partial charge in [-0.1, -0.05) is 13.3 Å². The van der Waals surface area contributed by atoms with E-state index < -0.39 is 0 Å². The molecule has 2 saturated heterocycles. The van der Waals surface area contributed by atoms with E-state index in [1.54, 1.807) is 0 Å². The van der Waals surface area contributed by atoms with Gasteiger partial charge in [0, 0.05) is 6.54 Å². The Labute approximate surface area is 108 Å². The Kier molecular flexibility index (Phi) is 4.58. The van der Waals surface area contributed by atoms with Crippen molar-refractivity contribution in [3.63, 3.8) is 0 Å². The van der Waals surface area contributed by atoms with Crippen molar-refractivity contribution in [3.05, 3.63) is 0 Å². The Morgan fingerprint density at radius 3 is 2.61 bits per heavy atom. The summed E-state index contributed by atoms with van der Waals surface area (Å²) >= 11 is 0. The topological polar surface area (TPSA) is 61.4 Å². The van der Waals surface area contributed by atoms with E-state index in [1.165, 1.54) is 4.90 Å². The Bertz CT molecular complexity index is 313. The molecule has 2 heterocycles. The maximum absolute atomic E-state index is 12.0. The highest BCUT2D eigenvalue weighted by atomic mass is 16.2. The maximum atomic E-state index is 12.0. The summed E-state index contributed by atoms with van der Waals surface area (Å²) in [5.41, 5.74) is 0. The minimum absolute atomic E-state index is 0.0317. The van der Waals surface area contributed by atoms with Crippen LogP contribution in [0, 0.1) is 5.92 Å². The number of carbonyl (C=O) groups excluding carboxylic acids is 2. The number of urea groups is 1. The number of hydrogen-bond acceptors (Lipinski definition) is 3. The lowest BCUT2D eigenvalue weighted by Gasteiger charge is -2.24. The first-order valence-corrected chi connectivity index (χ1v) is 7.05. The molecule has 1 unspecified atom stereocenters. The molecule has 2 aliphatic heterocycles. The Balaban J connectivity index is 1.81. The molecule has 5 heteroatoms. The van der Waals surface area contributed by atoms with Gasteiger partial charge in [-0.25, -0.2) is 4.79 Å². The van der Waals surface area contributed by atoms with Crippen LogP contribution in [0.2, 0.25) is 0 Å².